The van der Waals surface area contributed by atoms with Crippen LogP contribution in [0.3, 0.4) is 0 Å². The van der Waals surface area contributed by atoms with E-state index >= 15 is 0 Å². The number of hydrogen-bond donors (Lipinski definition) is 3. The van der Waals surface area contributed by atoms with Crippen molar-refractivity contribution in [3.05, 3.63) is 0 Å². The van der Waals surface area contributed by atoms with Crippen molar-refractivity contribution in [2.24, 2.45) is 17.8 Å². The Morgan fingerprint density at radius 1 is 0.467 bits per heavy atom. The van der Waals surface area contributed by atoms with Crippen molar-refractivity contribution in [2.75, 3.05) is 0 Å². The third-order valence-electron chi connectivity index (χ3n) is 5.62. The topological polar surface area (TPSA) is 60.7 Å². The Bertz CT molecular complexity index is 537. The molecule has 0 spiro atoms. The normalized spacial score (nSPS) is 26.1. The summed E-state index contributed by atoms with van der Waals surface area (Å²) in [5.41, 5.74) is -13.7. The van der Waals surface area contributed by atoms with Crippen LogP contribution in [0, 0.1) is 17.8 Å². The second-order valence-electron chi connectivity index (χ2n) is 7.98. The summed E-state index contributed by atoms with van der Waals surface area (Å²) in [6.07, 6.45) is -31.0. The fraction of sp³-hybridized carbons (Fsp3) is 1.00. The summed E-state index contributed by atoms with van der Waals surface area (Å²) < 4.78 is 158. The molecule has 15 heteroatoms. The standard InChI is InChI=1S/C15H18F12O3/c1-9(2,28)6-3-7(10(29,12(16,17)18)13(19,20)21)5-8(4-6)11(30,14(22,23)24)15(25,26)27/h6-8,28-30H,3-5H2,1-2H3. The Balaban J connectivity index is 3.71. The summed E-state index contributed by atoms with van der Waals surface area (Å²) in [5, 5.41) is 28.9. The first kappa shape index (κ1) is 27.1. The molecule has 30 heavy (non-hydrogen) atoms. The van der Waals surface area contributed by atoms with Gasteiger partial charge in [-0.25, -0.2) is 0 Å². The zero-order chi connectivity index (χ0) is 24.4. The molecule has 0 saturated heterocycles. The fourth-order valence-corrected chi connectivity index (χ4v) is 3.83. The molecule has 2 unspecified atom stereocenters. The Hall–Kier alpha value is -0.960. The minimum atomic E-state index is -6.52. The molecule has 0 aromatic carbocycles. The van der Waals surface area contributed by atoms with Crippen LogP contribution in [0.4, 0.5) is 52.7 Å². The number of hydrogen-bond acceptors (Lipinski definition) is 3. The predicted molar refractivity (Wildman–Crippen MR) is 74.7 cm³/mol. The molecule has 1 aliphatic rings. The van der Waals surface area contributed by atoms with Crippen molar-refractivity contribution < 1.29 is 68.0 Å². The van der Waals surface area contributed by atoms with Gasteiger partial charge >= 0.3 is 24.7 Å². The molecule has 3 N–H and O–H groups in total. The van der Waals surface area contributed by atoms with E-state index in [4.69, 9.17) is 0 Å². The van der Waals surface area contributed by atoms with E-state index in [0.29, 0.717) is 0 Å². The van der Waals surface area contributed by atoms with Gasteiger partial charge in [-0.05, 0) is 39.0 Å². The summed E-state index contributed by atoms with van der Waals surface area (Å²) in [7, 11) is 0. The molecule has 0 amide bonds. The maximum atomic E-state index is 13.2. The minimum Gasteiger partial charge on any atom is -0.390 e. The van der Waals surface area contributed by atoms with Crippen LogP contribution in [-0.2, 0) is 0 Å². The molecule has 0 radical (unpaired) electrons. The Kier molecular flexibility index (Phi) is 6.58. The first-order valence-electron chi connectivity index (χ1n) is 8.25. The highest BCUT2D eigenvalue weighted by Gasteiger charge is 2.78. The van der Waals surface area contributed by atoms with E-state index in [-0.39, 0.29) is 0 Å². The van der Waals surface area contributed by atoms with Crippen LogP contribution >= 0.6 is 0 Å². The molecule has 2 atom stereocenters. The van der Waals surface area contributed by atoms with Crippen LogP contribution in [0.1, 0.15) is 33.1 Å². The highest BCUT2D eigenvalue weighted by atomic mass is 19.4. The average molecular weight is 474 g/mol. The van der Waals surface area contributed by atoms with Crippen LogP contribution in [-0.4, -0.2) is 56.8 Å². The predicted octanol–water partition coefficient (Wildman–Crippen LogP) is 4.50. The van der Waals surface area contributed by atoms with Crippen LogP contribution in [0.5, 0.6) is 0 Å². The quantitative estimate of drug-likeness (QED) is 0.528. The minimum absolute atomic E-state index is 0.761. The zero-order valence-electron chi connectivity index (χ0n) is 15.2. The highest BCUT2D eigenvalue weighted by molar-refractivity contribution is 5.09. The van der Waals surface area contributed by atoms with E-state index in [1.807, 2.05) is 0 Å². The van der Waals surface area contributed by atoms with Crippen molar-refractivity contribution >= 4 is 0 Å². The molecule has 0 aliphatic heterocycles. The maximum absolute atomic E-state index is 13.2. The van der Waals surface area contributed by atoms with Crippen molar-refractivity contribution in [3.8, 4) is 0 Å². The largest absolute Gasteiger partial charge is 0.426 e. The lowest BCUT2D eigenvalue weighted by molar-refractivity contribution is -0.406. The van der Waals surface area contributed by atoms with Crippen molar-refractivity contribution in [1.82, 2.24) is 0 Å². The first-order chi connectivity index (χ1) is 12.8. The van der Waals surface area contributed by atoms with Gasteiger partial charge in [-0.15, -0.1) is 0 Å². The van der Waals surface area contributed by atoms with E-state index in [2.05, 4.69) is 0 Å². The fourth-order valence-electron chi connectivity index (χ4n) is 3.83. The molecule has 0 aromatic rings. The van der Waals surface area contributed by atoms with Crippen LogP contribution in [0.25, 0.3) is 0 Å². The van der Waals surface area contributed by atoms with E-state index in [1.165, 1.54) is 0 Å². The smallest absolute Gasteiger partial charge is 0.390 e. The number of rotatable bonds is 3. The molecule has 3 nitrogen and oxygen atoms in total. The van der Waals surface area contributed by atoms with Crippen LogP contribution < -0.4 is 0 Å². The second kappa shape index (κ2) is 7.29. The molecule has 1 rings (SSSR count). The van der Waals surface area contributed by atoms with Crippen LogP contribution in [0.2, 0.25) is 0 Å². The molecule has 0 bridgehead atoms. The molecule has 1 saturated carbocycles. The number of halogens is 12. The van der Waals surface area contributed by atoms with Crippen molar-refractivity contribution in [2.45, 2.75) is 74.6 Å². The monoisotopic (exact) mass is 474 g/mol. The molecule has 1 aliphatic carbocycles. The van der Waals surface area contributed by atoms with Gasteiger partial charge in [0.1, 0.15) is 0 Å². The van der Waals surface area contributed by atoms with Gasteiger partial charge in [-0.2, -0.15) is 52.7 Å². The lowest BCUT2D eigenvalue weighted by Crippen LogP contribution is -2.67. The molecule has 1 fully saturated rings. The Morgan fingerprint density at radius 2 is 0.667 bits per heavy atom. The van der Waals surface area contributed by atoms with Gasteiger partial charge in [0.2, 0.25) is 0 Å². The maximum Gasteiger partial charge on any atom is 0.426 e. The van der Waals surface area contributed by atoms with Gasteiger partial charge < -0.3 is 15.3 Å². The van der Waals surface area contributed by atoms with E-state index in [1.54, 1.807) is 0 Å². The summed E-state index contributed by atoms with van der Waals surface area (Å²) in [6, 6.07) is 0. The number of alkyl halides is 12. The van der Waals surface area contributed by atoms with Crippen molar-refractivity contribution in [3.63, 3.8) is 0 Å². The highest BCUT2D eigenvalue weighted by Crippen LogP contribution is 2.59. The summed E-state index contributed by atoms with van der Waals surface area (Å²) in [4.78, 5) is 0. The van der Waals surface area contributed by atoms with E-state index in [9.17, 15) is 68.0 Å². The summed E-state index contributed by atoms with van der Waals surface area (Å²) in [6.45, 7) is 1.52. The molecule has 180 valence electrons. The lowest BCUT2D eigenvalue weighted by Gasteiger charge is -2.50. The van der Waals surface area contributed by atoms with Gasteiger partial charge in [0, 0.05) is 11.8 Å². The number of aliphatic hydroxyl groups is 3. The Labute approximate surface area is 161 Å². The second-order valence-corrected chi connectivity index (χ2v) is 7.98. The SMILES string of the molecule is CC(C)(O)C1CC(C(O)(C(F)(F)F)C(F)(F)F)CC(C(O)(C(F)(F)F)C(F)(F)F)C1. The van der Waals surface area contributed by atoms with Gasteiger partial charge in [-0.3, -0.25) is 0 Å². The summed E-state index contributed by atoms with van der Waals surface area (Å²) >= 11 is 0. The lowest BCUT2D eigenvalue weighted by atomic mass is 9.60. The average Bonchev–Trinajstić information content (AvgIpc) is 2.47. The van der Waals surface area contributed by atoms with E-state index < -0.39 is 78.5 Å². The van der Waals surface area contributed by atoms with Crippen LogP contribution in [0.15, 0.2) is 0 Å². The molecular formula is C15H18F12O3. The van der Waals surface area contributed by atoms with Crippen molar-refractivity contribution in [1.29, 1.82) is 0 Å². The molecule has 0 aromatic heterocycles. The van der Waals surface area contributed by atoms with Gasteiger partial charge in [-0.1, -0.05) is 0 Å². The van der Waals surface area contributed by atoms with Gasteiger partial charge in [0.15, 0.2) is 0 Å². The Morgan fingerprint density at radius 3 is 0.833 bits per heavy atom. The van der Waals surface area contributed by atoms with Gasteiger partial charge in [0.05, 0.1) is 5.60 Å². The first-order valence-corrected chi connectivity index (χ1v) is 8.25. The third kappa shape index (κ3) is 4.33. The third-order valence-corrected chi connectivity index (χ3v) is 5.62. The molecule has 0 heterocycles. The summed E-state index contributed by atoms with van der Waals surface area (Å²) in [5.74, 6) is -8.50. The molecular weight excluding hydrogens is 456 g/mol. The van der Waals surface area contributed by atoms with Gasteiger partial charge in [0.25, 0.3) is 11.2 Å². The van der Waals surface area contributed by atoms with E-state index in [0.717, 1.165) is 13.8 Å². The zero-order valence-corrected chi connectivity index (χ0v) is 15.2.